The Hall–Kier alpha value is -0.570. The molecule has 0 aliphatic carbocycles. The SMILES string of the molecule is CCCCCC[C@H](O)CCCCCCCCCCC(=O)O. The van der Waals surface area contributed by atoms with E-state index in [4.69, 9.17) is 5.11 Å². The van der Waals surface area contributed by atoms with Gasteiger partial charge in [-0.3, -0.25) is 4.79 Å². The average molecular weight is 300 g/mol. The van der Waals surface area contributed by atoms with Crippen LogP contribution in [0, 0.1) is 0 Å². The predicted molar refractivity (Wildman–Crippen MR) is 88.6 cm³/mol. The minimum Gasteiger partial charge on any atom is -0.481 e. The van der Waals surface area contributed by atoms with Crippen molar-refractivity contribution < 1.29 is 15.0 Å². The van der Waals surface area contributed by atoms with Crippen LogP contribution in [0.3, 0.4) is 0 Å². The van der Waals surface area contributed by atoms with Crippen LogP contribution in [-0.4, -0.2) is 22.3 Å². The van der Waals surface area contributed by atoms with Gasteiger partial charge >= 0.3 is 5.97 Å². The van der Waals surface area contributed by atoms with Crippen LogP contribution in [0.4, 0.5) is 0 Å². The summed E-state index contributed by atoms with van der Waals surface area (Å²) in [6, 6.07) is 0. The zero-order valence-electron chi connectivity index (χ0n) is 14.0. The van der Waals surface area contributed by atoms with Crippen LogP contribution in [0.1, 0.15) is 103 Å². The minimum atomic E-state index is -0.678. The molecule has 0 saturated heterocycles. The number of unbranched alkanes of at least 4 members (excludes halogenated alkanes) is 10. The highest BCUT2D eigenvalue weighted by atomic mass is 16.4. The molecule has 1 atom stereocenters. The Bertz CT molecular complexity index is 229. The molecule has 0 heterocycles. The second-order valence-corrected chi connectivity index (χ2v) is 6.26. The van der Waals surface area contributed by atoms with E-state index in [0.29, 0.717) is 6.42 Å². The van der Waals surface area contributed by atoms with E-state index < -0.39 is 5.97 Å². The molecule has 0 aliphatic rings. The molecule has 2 N–H and O–H groups in total. The molecule has 0 rings (SSSR count). The zero-order valence-corrected chi connectivity index (χ0v) is 14.0. The van der Waals surface area contributed by atoms with Crippen molar-refractivity contribution in [2.75, 3.05) is 0 Å². The molecule has 0 amide bonds. The van der Waals surface area contributed by atoms with Crippen molar-refractivity contribution in [2.45, 2.75) is 109 Å². The standard InChI is InChI=1S/C18H36O3/c1-2-3-4-11-14-17(19)15-12-9-7-5-6-8-10-13-16-18(20)21/h17,19H,2-16H2,1H3,(H,20,21)/t17-/m0/s1. The second-order valence-electron chi connectivity index (χ2n) is 6.26. The number of rotatable bonds is 16. The molecule has 3 heteroatoms. The van der Waals surface area contributed by atoms with Crippen LogP contribution >= 0.6 is 0 Å². The Labute approximate surface area is 131 Å². The highest BCUT2D eigenvalue weighted by Crippen LogP contribution is 2.14. The molecule has 0 aromatic carbocycles. The number of carboxylic acids is 1. The fourth-order valence-electron chi connectivity index (χ4n) is 2.67. The predicted octanol–water partition coefficient (Wildman–Crippen LogP) is 5.30. The molecule has 0 unspecified atom stereocenters. The number of hydrogen-bond acceptors (Lipinski definition) is 2. The Kier molecular flexibility index (Phi) is 15.4. The van der Waals surface area contributed by atoms with Gasteiger partial charge in [-0.15, -0.1) is 0 Å². The second kappa shape index (κ2) is 15.8. The first-order chi connectivity index (χ1) is 10.2. The van der Waals surface area contributed by atoms with Crippen LogP contribution in [0.25, 0.3) is 0 Å². The van der Waals surface area contributed by atoms with Crippen LogP contribution in [0.15, 0.2) is 0 Å². The van der Waals surface area contributed by atoms with Crippen molar-refractivity contribution in [2.24, 2.45) is 0 Å². The number of aliphatic hydroxyl groups excluding tert-OH is 1. The van der Waals surface area contributed by atoms with Crippen molar-refractivity contribution >= 4 is 5.97 Å². The van der Waals surface area contributed by atoms with Gasteiger partial charge in [-0.2, -0.15) is 0 Å². The summed E-state index contributed by atoms with van der Waals surface area (Å²) in [6.45, 7) is 2.21. The van der Waals surface area contributed by atoms with E-state index in [1.807, 2.05) is 0 Å². The van der Waals surface area contributed by atoms with Crippen molar-refractivity contribution in [1.82, 2.24) is 0 Å². The molecule has 3 nitrogen and oxygen atoms in total. The maximum atomic E-state index is 10.3. The maximum Gasteiger partial charge on any atom is 0.303 e. The number of hydrogen-bond donors (Lipinski definition) is 2. The van der Waals surface area contributed by atoms with E-state index in [1.54, 1.807) is 0 Å². The van der Waals surface area contributed by atoms with Gasteiger partial charge in [0, 0.05) is 6.42 Å². The van der Waals surface area contributed by atoms with E-state index in [1.165, 1.54) is 51.4 Å². The quantitative estimate of drug-likeness (QED) is 0.380. The summed E-state index contributed by atoms with van der Waals surface area (Å²) < 4.78 is 0. The largest absolute Gasteiger partial charge is 0.481 e. The molecule has 0 radical (unpaired) electrons. The average Bonchev–Trinajstić information content (AvgIpc) is 2.45. The molecule has 0 fully saturated rings. The number of carbonyl (C=O) groups is 1. The van der Waals surface area contributed by atoms with E-state index in [9.17, 15) is 9.90 Å². The highest BCUT2D eigenvalue weighted by Gasteiger charge is 2.03. The van der Waals surface area contributed by atoms with Gasteiger partial charge in [-0.1, -0.05) is 77.6 Å². The lowest BCUT2D eigenvalue weighted by Gasteiger charge is -2.10. The molecule has 0 aromatic heterocycles. The summed E-state index contributed by atoms with van der Waals surface area (Å²) in [5.41, 5.74) is 0. The summed E-state index contributed by atoms with van der Waals surface area (Å²) >= 11 is 0. The molecular weight excluding hydrogens is 264 g/mol. The fraction of sp³-hybridized carbons (Fsp3) is 0.944. The molecule has 0 bridgehead atoms. The number of aliphatic carboxylic acids is 1. The lowest BCUT2D eigenvalue weighted by molar-refractivity contribution is -0.137. The monoisotopic (exact) mass is 300 g/mol. The van der Waals surface area contributed by atoms with Crippen LogP contribution in [0.5, 0.6) is 0 Å². The van der Waals surface area contributed by atoms with Gasteiger partial charge < -0.3 is 10.2 Å². The van der Waals surface area contributed by atoms with Crippen molar-refractivity contribution in [1.29, 1.82) is 0 Å². The molecule has 0 aromatic rings. The third kappa shape index (κ3) is 17.4. The van der Waals surface area contributed by atoms with Gasteiger partial charge in [0.25, 0.3) is 0 Å². The highest BCUT2D eigenvalue weighted by molar-refractivity contribution is 5.66. The minimum absolute atomic E-state index is 0.0853. The van der Waals surface area contributed by atoms with Crippen molar-refractivity contribution in [3.05, 3.63) is 0 Å². The lowest BCUT2D eigenvalue weighted by atomic mass is 10.0. The Balaban J connectivity index is 3.12. The Morgan fingerprint density at radius 3 is 1.67 bits per heavy atom. The molecule has 21 heavy (non-hydrogen) atoms. The number of aliphatic hydroxyl groups is 1. The summed E-state index contributed by atoms with van der Waals surface area (Å²) in [7, 11) is 0. The third-order valence-electron chi connectivity index (χ3n) is 4.07. The third-order valence-corrected chi connectivity index (χ3v) is 4.07. The normalized spacial score (nSPS) is 12.5. The first-order valence-electron chi connectivity index (χ1n) is 9.06. The maximum absolute atomic E-state index is 10.3. The molecule has 0 saturated carbocycles. The summed E-state index contributed by atoms with van der Waals surface area (Å²) in [6.07, 6.45) is 16.3. The van der Waals surface area contributed by atoms with E-state index in [2.05, 4.69) is 6.92 Å². The smallest absolute Gasteiger partial charge is 0.303 e. The lowest BCUT2D eigenvalue weighted by Crippen LogP contribution is -2.05. The van der Waals surface area contributed by atoms with E-state index >= 15 is 0 Å². The Morgan fingerprint density at radius 1 is 0.762 bits per heavy atom. The number of carboxylic acid groups (broad SMARTS) is 1. The molecule has 126 valence electrons. The fourth-order valence-corrected chi connectivity index (χ4v) is 2.67. The van der Waals surface area contributed by atoms with Gasteiger partial charge in [0.15, 0.2) is 0 Å². The summed E-state index contributed by atoms with van der Waals surface area (Å²) in [4.78, 5) is 10.3. The van der Waals surface area contributed by atoms with E-state index in [-0.39, 0.29) is 6.10 Å². The van der Waals surface area contributed by atoms with Crippen LogP contribution in [0.2, 0.25) is 0 Å². The first kappa shape index (κ1) is 20.4. The zero-order chi connectivity index (χ0) is 15.8. The molecule has 0 spiro atoms. The summed E-state index contributed by atoms with van der Waals surface area (Å²) in [5, 5.41) is 18.4. The van der Waals surface area contributed by atoms with Gasteiger partial charge in [-0.25, -0.2) is 0 Å². The topological polar surface area (TPSA) is 57.5 Å². The Morgan fingerprint density at radius 2 is 1.19 bits per heavy atom. The van der Waals surface area contributed by atoms with Gasteiger partial charge in [0.1, 0.15) is 0 Å². The van der Waals surface area contributed by atoms with Crippen LogP contribution < -0.4 is 0 Å². The molecular formula is C18H36O3. The van der Waals surface area contributed by atoms with Gasteiger partial charge in [0.05, 0.1) is 6.10 Å². The van der Waals surface area contributed by atoms with Gasteiger partial charge in [0.2, 0.25) is 0 Å². The van der Waals surface area contributed by atoms with Crippen molar-refractivity contribution in [3.8, 4) is 0 Å². The summed E-state index contributed by atoms with van der Waals surface area (Å²) in [5.74, 6) is -0.678. The van der Waals surface area contributed by atoms with Gasteiger partial charge in [-0.05, 0) is 19.3 Å². The molecule has 0 aliphatic heterocycles. The van der Waals surface area contributed by atoms with E-state index in [0.717, 1.165) is 38.5 Å². The van der Waals surface area contributed by atoms with Crippen molar-refractivity contribution in [3.63, 3.8) is 0 Å². The van der Waals surface area contributed by atoms with Crippen LogP contribution in [-0.2, 0) is 4.79 Å². The first-order valence-corrected chi connectivity index (χ1v) is 9.06.